The average Bonchev–Trinajstić information content (AvgIpc) is 2.99. The number of carbonyl (C=O) groups excluding carboxylic acids is 2. The Morgan fingerprint density at radius 1 is 1.21 bits per heavy atom. The second-order valence-electron chi connectivity index (χ2n) is 6.05. The molecule has 5 heteroatoms. The van der Waals surface area contributed by atoms with Gasteiger partial charge in [0.15, 0.2) is 0 Å². The summed E-state index contributed by atoms with van der Waals surface area (Å²) in [7, 11) is 0. The quantitative estimate of drug-likeness (QED) is 0.905. The van der Waals surface area contributed by atoms with E-state index in [9.17, 15) is 9.59 Å². The largest absolute Gasteiger partial charge is 0.325 e. The number of carbonyl (C=O) groups is 2. The van der Waals surface area contributed by atoms with Crippen molar-refractivity contribution in [1.82, 2.24) is 0 Å². The Bertz CT molecular complexity index is 758. The number of nitrogens with two attached hydrogens (primary N) is 1. The van der Waals surface area contributed by atoms with E-state index >= 15 is 0 Å². The van der Waals surface area contributed by atoms with Crippen LogP contribution in [0.5, 0.6) is 0 Å². The van der Waals surface area contributed by atoms with Crippen molar-refractivity contribution in [1.29, 1.82) is 0 Å². The molecule has 124 valence electrons. The van der Waals surface area contributed by atoms with E-state index in [0.29, 0.717) is 18.7 Å². The predicted octanol–water partition coefficient (Wildman–Crippen LogP) is 2.10. The van der Waals surface area contributed by atoms with E-state index in [1.54, 1.807) is 11.8 Å². The Morgan fingerprint density at radius 2 is 1.96 bits per heavy atom. The second kappa shape index (κ2) is 6.84. The highest BCUT2D eigenvalue weighted by molar-refractivity contribution is 5.97. The lowest BCUT2D eigenvalue weighted by Gasteiger charge is -2.16. The maximum absolute atomic E-state index is 12.3. The normalized spacial score (nSPS) is 14.2. The van der Waals surface area contributed by atoms with E-state index in [4.69, 9.17) is 5.73 Å². The third-order valence-corrected chi connectivity index (χ3v) is 4.26. The number of nitrogens with one attached hydrogen (secondary N) is 1. The molecular weight excluding hydrogens is 302 g/mol. The van der Waals surface area contributed by atoms with Crippen molar-refractivity contribution in [3.8, 4) is 0 Å². The van der Waals surface area contributed by atoms with Crippen molar-refractivity contribution in [2.45, 2.75) is 25.8 Å². The van der Waals surface area contributed by atoms with Crippen LogP contribution in [0.15, 0.2) is 48.5 Å². The number of hydrogen-bond acceptors (Lipinski definition) is 3. The Balaban J connectivity index is 1.66. The predicted molar refractivity (Wildman–Crippen MR) is 94.9 cm³/mol. The number of rotatable bonds is 4. The highest BCUT2D eigenvalue weighted by Crippen LogP contribution is 2.30. The molecule has 0 bridgehead atoms. The summed E-state index contributed by atoms with van der Waals surface area (Å²) in [6.07, 6.45) is 1.30. The Hall–Kier alpha value is -2.66. The van der Waals surface area contributed by atoms with Crippen molar-refractivity contribution in [3.05, 3.63) is 59.7 Å². The van der Waals surface area contributed by atoms with Crippen molar-refractivity contribution >= 4 is 23.2 Å². The van der Waals surface area contributed by atoms with E-state index in [2.05, 4.69) is 5.32 Å². The standard InChI is InChI=1S/C19H21N3O2/c1-13(23)22-10-9-15-12-16(7-8-18(15)22)21-19(24)17(20)11-14-5-3-2-4-6-14/h2-8,12,17H,9-11,20H2,1H3,(H,21,24). The molecule has 0 aliphatic carbocycles. The molecule has 2 amide bonds. The van der Waals surface area contributed by atoms with Crippen LogP contribution in [-0.4, -0.2) is 24.4 Å². The zero-order chi connectivity index (χ0) is 17.1. The van der Waals surface area contributed by atoms with Crippen LogP contribution in [0, 0.1) is 0 Å². The minimum atomic E-state index is -0.602. The minimum Gasteiger partial charge on any atom is -0.325 e. The molecule has 1 aliphatic heterocycles. The van der Waals surface area contributed by atoms with Crippen LogP contribution in [-0.2, 0) is 22.4 Å². The summed E-state index contributed by atoms with van der Waals surface area (Å²) in [6.45, 7) is 2.25. The van der Waals surface area contributed by atoms with Gasteiger partial charge in [-0.3, -0.25) is 9.59 Å². The fourth-order valence-electron chi connectivity index (χ4n) is 3.00. The van der Waals surface area contributed by atoms with E-state index in [-0.39, 0.29) is 11.8 Å². The smallest absolute Gasteiger partial charge is 0.241 e. The van der Waals surface area contributed by atoms with Crippen molar-refractivity contribution < 1.29 is 9.59 Å². The van der Waals surface area contributed by atoms with E-state index in [1.807, 2.05) is 48.5 Å². The van der Waals surface area contributed by atoms with Crippen LogP contribution >= 0.6 is 0 Å². The van der Waals surface area contributed by atoms with E-state index in [0.717, 1.165) is 23.2 Å². The van der Waals surface area contributed by atoms with Gasteiger partial charge in [0, 0.05) is 24.8 Å². The van der Waals surface area contributed by atoms with Gasteiger partial charge >= 0.3 is 0 Å². The SMILES string of the molecule is CC(=O)N1CCc2cc(NC(=O)C(N)Cc3ccccc3)ccc21. The Kier molecular flexibility index (Phi) is 4.62. The third kappa shape index (κ3) is 3.46. The van der Waals surface area contributed by atoms with Gasteiger partial charge in [-0.05, 0) is 42.2 Å². The molecule has 24 heavy (non-hydrogen) atoms. The van der Waals surface area contributed by atoms with Crippen LogP contribution < -0.4 is 16.0 Å². The number of benzene rings is 2. The lowest BCUT2D eigenvalue weighted by molar-refractivity contribution is -0.117. The van der Waals surface area contributed by atoms with Crippen LogP contribution in [0.3, 0.4) is 0 Å². The maximum Gasteiger partial charge on any atom is 0.241 e. The molecule has 2 aromatic carbocycles. The van der Waals surface area contributed by atoms with Crippen LogP contribution in [0.1, 0.15) is 18.1 Å². The van der Waals surface area contributed by atoms with Crippen LogP contribution in [0.2, 0.25) is 0 Å². The molecule has 3 rings (SSSR count). The summed E-state index contributed by atoms with van der Waals surface area (Å²) in [5, 5.41) is 2.87. The molecule has 1 atom stereocenters. The van der Waals surface area contributed by atoms with Gasteiger partial charge < -0.3 is 16.0 Å². The molecule has 0 fully saturated rings. The summed E-state index contributed by atoms with van der Waals surface area (Å²) in [5.74, 6) is -0.171. The molecule has 1 heterocycles. The number of amides is 2. The number of anilines is 2. The molecule has 5 nitrogen and oxygen atoms in total. The molecule has 0 aromatic heterocycles. The van der Waals surface area contributed by atoms with Crippen molar-refractivity contribution in [2.24, 2.45) is 5.73 Å². The molecule has 1 aliphatic rings. The molecule has 3 N–H and O–H groups in total. The second-order valence-corrected chi connectivity index (χ2v) is 6.05. The van der Waals surface area contributed by atoms with Crippen molar-refractivity contribution in [3.63, 3.8) is 0 Å². The topological polar surface area (TPSA) is 75.4 Å². The lowest BCUT2D eigenvalue weighted by Crippen LogP contribution is -2.37. The van der Waals surface area contributed by atoms with Gasteiger partial charge in [-0.15, -0.1) is 0 Å². The first-order chi connectivity index (χ1) is 11.5. The van der Waals surface area contributed by atoms with Crippen LogP contribution in [0.25, 0.3) is 0 Å². The summed E-state index contributed by atoms with van der Waals surface area (Å²) >= 11 is 0. The van der Waals surface area contributed by atoms with Gasteiger partial charge in [0.2, 0.25) is 11.8 Å². The minimum absolute atomic E-state index is 0.0374. The van der Waals surface area contributed by atoms with Gasteiger partial charge in [0.05, 0.1) is 6.04 Å². The zero-order valence-electron chi connectivity index (χ0n) is 13.7. The first-order valence-electron chi connectivity index (χ1n) is 8.06. The fourth-order valence-corrected chi connectivity index (χ4v) is 3.00. The summed E-state index contributed by atoms with van der Waals surface area (Å²) in [4.78, 5) is 25.6. The number of fused-ring (bicyclic) bond motifs is 1. The monoisotopic (exact) mass is 323 g/mol. The third-order valence-electron chi connectivity index (χ3n) is 4.26. The van der Waals surface area contributed by atoms with E-state index < -0.39 is 6.04 Å². The van der Waals surface area contributed by atoms with Crippen LogP contribution in [0.4, 0.5) is 11.4 Å². The Labute approximate surface area is 141 Å². The molecule has 1 unspecified atom stereocenters. The first kappa shape index (κ1) is 16.2. The maximum atomic E-state index is 12.3. The summed E-state index contributed by atoms with van der Waals surface area (Å²) in [5.41, 5.74) is 9.75. The van der Waals surface area contributed by atoms with Gasteiger partial charge in [0.25, 0.3) is 0 Å². The van der Waals surface area contributed by atoms with Crippen molar-refractivity contribution in [2.75, 3.05) is 16.8 Å². The highest BCUT2D eigenvalue weighted by atomic mass is 16.2. The van der Waals surface area contributed by atoms with Gasteiger partial charge in [-0.1, -0.05) is 30.3 Å². The summed E-state index contributed by atoms with van der Waals surface area (Å²) < 4.78 is 0. The van der Waals surface area contributed by atoms with Gasteiger partial charge in [-0.25, -0.2) is 0 Å². The lowest BCUT2D eigenvalue weighted by atomic mass is 10.1. The molecular formula is C19H21N3O2. The first-order valence-corrected chi connectivity index (χ1v) is 8.06. The molecule has 0 spiro atoms. The summed E-state index contributed by atoms with van der Waals surface area (Å²) in [6, 6.07) is 14.7. The number of hydrogen-bond donors (Lipinski definition) is 2. The molecule has 2 aromatic rings. The zero-order valence-corrected chi connectivity index (χ0v) is 13.7. The molecule has 0 saturated heterocycles. The highest BCUT2D eigenvalue weighted by Gasteiger charge is 2.22. The fraction of sp³-hybridized carbons (Fsp3) is 0.263. The van der Waals surface area contributed by atoms with Gasteiger partial charge in [-0.2, -0.15) is 0 Å². The molecule has 0 radical (unpaired) electrons. The molecule has 0 saturated carbocycles. The average molecular weight is 323 g/mol. The van der Waals surface area contributed by atoms with Gasteiger partial charge in [0.1, 0.15) is 0 Å². The van der Waals surface area contributed by atoms with E-state index in [1.165, 1.54) is 0 Å². The Morgan fingerprint density at radius 3 is 2.67 bits per heavy atom. The number of nitrogens with zero attached hydrogens (tertiary/aromatic N) is 1.